The summed E-state index contributed by atoms with van der Waals surface area (Å²) in [6.45, 7) is 4.82. The van der Waals surface area contributed by atoms with Gasteiger partial charge in [-0.15, -0.1) is 11.3 Å². The topological polar surface area (TPSA) is 62.3 Å². The summed E-state index contributed by atoms with van der Waals surface area (Å²) in [5.41, 5.74) is 0.0637. The van der Waals surface area contributed by atoms with Crippen molar-refractivity contribution in [3.05, 3.63) is 46.5 Å². The predicted octanol–water partition coefficient (Wildman–Crippen LogP) is 3.16. The number of amides is 2. The van der Waals surface area contributed by atoms with Crippen molar-refractivity contribution in [3.8, 4) is 0 Å². The molecule has 1 heterocycles. The molecular weight excluding hydrogens is 324 g/mol. The Morgan fingerprint density at radius 1 is 1.17 bits per heavy atom. The molecule has 0 atom stereocenters. The molecule has 0 saturated carbocycles. The lowest BCUT2D eigenvalue weighted by atomic mass is 10.2. The summed E-state index contributed by atoms with van der Waals surface area (Å²) >= 11 is 1.07. The van der Waals surface area contributed by atoms with Crippen LogP contribution < -0.4 is 5.32 Å². The van der Waals surface area contributed by atoms with Gasteiger partial charge in [-0.1, -0.05) is 0 Å². The minimum absolute atomic E-state index is 0.158. The highest BCUT2D eigenvalue weighted by molar-refractivity contribution is 7.14. The third-order valence-corrected chi connectivity index (χ3v) is 3.88. The Balaban J connectivity index is 2.12. The molecule has 5 nitrogen and oxygen atoms in total. The van der Waals surface area contributed by atoms with Crippen LogP contribution in [0.1, 0.15) is 34.7 Å². The van der Waals surface area contributed by atoms with Crippen LogP contribution in [0.2, 0.25) is 0 Å². The number of hydrogen-bond acceptors (Lipinski definition) is 4. The van der Waals surface area contributed by atoms with Gasteiger partial charge in [0.15, 0.2) is 5.13 Å². The molecule has 1 aromatic heterocycles. The largest absolute Gasteiger partial charge is 0.338 e. The Kier molecular flexibility index (Phi) is 5.38. The maximum Gasteiger partial charge on any atom is 0.273 e. The maximum absolute atomic E-state index is 13.1. The van der Waals surface area contributed by atoms with Crippen LogP contribution in [0.3, 0.4) is 0 Å². The fraction of sp³-hybridized carbons (Fsp3) is 0.267. The first kappa shape index (κ1) is 17.0. The number of nitrogens with zero attached hydrogens (tertiary/aromatic N) is 2. The Morgan fingerprint density at radius 2 is 1.78 bits per heavy atom. The van der Waals surface area contributed by atoms with E-state index in [4.69, 9.17) is 0 Å². The number of halogens is 2. The van der Waals surface area contributed by atoms with Gasteiger partial charge in [-0.25, -0.2) is 13.8 Å². The molecule has 0 spiro atoms. The third kappa shape index (κ3) is 4.10. The van der Waals surface area contributed by atoms with E-state index in [1.54, 1.807) is 4.90 Å². The molecular formula is C15H15F2N3O2S. The molecule has 0 bridgehead atoms. The predicted molar refractivity (Wildman–Crippen MR) is 83.7 cm³/mol. The molecule has 2 amide bonds. The van der Waals surface area contributed by atoms with E-state index in [2.05, 4.69) is 10.3 Å². The zero-order valence-corrected chi connectivity index (χ0v) is 13.4. The van der Waals surface area contributed by atoms with Crippen molar-refractivity contribution in [2.45, 2.75) is 13.8 Å². The zero-order chi connectivity index (χ0) is 17.0. The van der Waals surface area contributed by atoms with Crippen LogP contribution in [0.25, 0.3) is 0 Å². The van der Waals surface area contributed by atoms with Crippen molar-refractivity contribution in [2.75, 3.05) is 18.4 Å². The SMILES string of the molecule is CCN(CC)C(=O)c1csc(NC(=O)c2cc(F)cc(F)c2)n1. The molecule has 2 rings (SSSR count). The lowest BCUT2D eigenvalue weighted by Crippen LogP contribution is -2.30. The number of carbonyl (C=O) groups is 2. The molecule has 1 aromatic carbocycles. The van der Waals surface area contributed by atoms with Crippen molar-refractivity contribution in [1.29, 1.82) is 0 Å². The van der Waals surface area contributed by atoms with E-state index >= 15 is 0 Å². The highest BCUT2D eigenvalue weighted by atomic mass is 32.1. The first-order chi connectivity index (χ1) is 10.9. The van der Waals surface area contributed by atoms with Crippen molar-refractivity contribution in [1.82, 2.24) is 9.88 Å². The van der Waals surface area contributed by atoms with Crippen LogP contribution in [-0.4, -0.2) is 34.8 Å². The fourth-order valence-electron chi connectivity index (χ4n) is 1.96. The highest BCUT2D eigenvalue weighted by Gasteiger charge is 2.17. The first-order valence-electron chi connectivity index (χ1n) is 6.96. The highest BCUT2D eigenvalue weighted by Crippen LogP contribution is 2.18. The number of rotatable bonds is 5. The zero-order valence-electron chi connectivity index (χ0n) is 12.6. The van der Waals surface area contributed by atoms with E-state index in [0.717, 1.165) is 23.5 Å². The quantitative estimate of drug-likeness (QED) is 0.910. The minimum Gasteiger partial charge on any atom is -0.338 e. The smallest absolute Gasteiger partial charge is 0.273 e. The van der Waals surface area contributed by atoms with Gasteiger partial charge in [0, 0.05) is 30.1 Å². The minimum atomic E-state index is -0.841. The summed E-state index contributed by atoms with van der Waals surface area (Å²) in [7, 11) is 0. The first-order valence-corrected chi connectivity index (χ1v) is 7.84. The molecule has 0 aliphatic carbocycles. The van der Waals surface area contributed by atoms with E-state index in [1.807, 2.05) is 13.8 Å². The molecule has 23 heavy (non-hydrogen) atoms. The molecule has 0 radical (unpaired) electrons. The van der Waals surface area contributed by atoms with Gasteiger partial charge >= 0.3 is 0 Å². The number of aromatic nitrogens is 1. The van der Waals surface area contributed by atoms with Crippen molar-refractivity contribution in [2.24, 2.45) is 0 Å². The van der Waals surface area contributed by atoms with E-state index in [9.17, 15) is 18.4 Å². The van der Waals surface area contributed by atoms with Crippen LogP contribution in [0, 0.1) is 11.6 Å². The van der Waals surface area contributed by atoms with Gasteiger partial charge in [-0.05, 0) is 26.0 Å². The van der Waals surface area contributed by atoms with Crippen LogP contribution in [0.15, 0.2) is 23.6 Å². The number of benzene rings is 1. The lowest BCUT2D eigenvalue weighted by Gasteiger charge is -2.16. The van der Waals surface area contributed by atoms with E-state index in [1.165, 1.54) is 5.38 Å². The second-order valence-electron chi connectivity index (χ2n) is 4.63. The Bertz CT molecular complexity index is 709. The Hall–Kier alpha value is -2.35. The van der Waals surface area contributed by atoms with E-state index in [0.29, 0.717) is 19.2 Å². The number of hydrogen-bond donors (Lipinski definition) is 1. The Morgan fingerprint density at radius 3 is 2.35 bits per heavy atom. The molecule has 0 saturated heterocycles. The molecule has 2 aromatic rings. The van der Waals surface area contributed by atoms with Gasteiger partial charge in [0.2, 0.25) is 0 Å². The van der Waals surface area contributed by atoms with E-state index < -0.39 is 17.5 Å². The normalized spacial score (nSPS) is 10.4. The van der Waals surface area contributed by atoms with Crippen LogP contribution in [0.5, 0.6) is 0 Å². The van der Waals surface area contributed by atoms with Gasteiger partial charge in [0.25, 0.3) is 11.8 Å². The lowest BCUT2D eigenvalue weighted by molar-refractivity contribution is 0.0767. The molecule has 0 aliphatic heterocycles. The molecule has 0 aliphatic rings. The average molecular weight is 339 g/mol. The van der Waals surface area contributed by atoms with Crippen molar-refractivity contribution < 1.29 is 18.4 Å². The fourth-order valence-corrected chi connectivity index (χ4v) is 2.64. The van der Waals surface area contributed by atoms with Crippen LogP contribution >= 0.6 is 11.3 Å². The van der Waals surface area contributed by atoms with Gasteiger partial charge in [-0.3, -0.25) is 14.9 Å². The Labute approximate surface area is 136 Å². The molecule has 0 fully saturated rings. The molecule has 122 valence electrons. The van der Waals surface area contributed by atoms with Crippen molar-refractivity contribution >= 4 is 28.3 Å². The molecule has 8 heteroatoms. The molecule has 0 unspecified atom stereocenters. The van der Waals surface area contributed by atoms with Crippen LogP contribution in [-0.2, 0) is 0 Å². The maximum atomic E-state index is 13.1. The second-order valence-corrected chi connectivity index (χ2v) is 5.49. The van der Waals surface area contributed by atoms with Gasteiger partial charge in [0.1, 0.15) is 17.3 Å². The van der Waals surface area contributed by atoms with Gasteiger partial charge < -0.3 is 4.90 Å². The average Bonchev–Trinajstić information content (AvgIpc) is 2.95. The number of anilines is 1. The van der Waals surface area contributed by atoms with Crippen LogP contribution in [0.4, 0.5) is 13.9 Å². The third-order valence-electron chi connectivity index (χ3n) is 3.12. The summed E-state index contributed by atoms with van der Waals surface area (Å²) in [5.74, 6) is -2.61. The number of thiazole rings is 1. The van der Waals surface area contributed by atoms with E-state index in [-0.39, 0.29) is 22.3 Å². The summed E-state index contributed by atoms with van der Waals surface area (Å²) in [6, 6.07) is 2.53. The number of carbonyl (C=O) groups excluding carboxylic acids is 2. The summed E-state index contributed by atoms with van der Waals surface area (Å²) in [4.78, 5) is 29.7. The number of nitrogens with one attached hydrogen (secondary N) is 1. The monoisotopic (exact) mass is 339 g/mol. The van der Waals surface area contributed by atoms with Gasteiger partial charge in [0.05, 0.1) is 0 Å². The van der Waals surface area contributed by atoms with Gasteiger partial charge in [-0.2, -0.15) is 0 Å². The summed E-state index contributed by atoms with van der Waals surface area (Å²) < 4.78 is 26.2. The second kappa shape index (κ2) is 7.28. The summed E-state index contributed by atoms with van der Waals surface area (Å²) in [6.07, 6.45) is 0. The van der Waals surface area contributed by atoms with Crippen molar-refractivity contribution in [3.63, 3.8) is 0 Å². The summed E-state index contributed by atoms with van der Waals surface area (Å²) in [5, 5.41) is 4.15. The molecule has 1 N–H and O–H groups in total. The standard InChI is InChI=1S/C15H15F2N3O2S/c1-3-20(4-2)14(22)12-8-23-15(18-12)19-13(21)9-5-10(16)7-11(17)6-9/h5-8H,3-4H2,1-2H3,(H,18,19,21).